The maximum atomic E-state index is 13.6. The van der Waals surface area contributed by atoms with Crippen molar-refractivity contribution in [3.8, 4) is 17.2 Å². The van der Waals surface area contributed by atoms with Crippen LogP contribution < -0.4 is 10.5 Å². The molecule has 210 valence electrons. The smallest absolute Gasteiger partial charge is 0.202 e. The van der Waals surface area contributed by atoms with E-state index in [4.69, 9.17) is 15.2 Å². The number of benzene rings is 2. The number of aromatic hydroxyl groups is 2. The lowest BCUT2D eigenvalue weighted by molar-refractivity contribution is -0.174. The molecule has 0 fully saturated rings. The number of phenols is 2. The zero-order valence-electron chi connectivity index (χ0n) is 21.4. The van der Waals surface area contributed by atoms with E-state index >= 15 is 0 Å². The molecular formula is C27H31NO11. The van der Waals surface area contributed by atoms with Gasteiger partial charge in [0.25, 0.3) is 0 Å². The highest BCUT2D eigenvalue weighted by molar-refractivity contribution is 6.31. The number of Topliss-reactive ketones (excluding diaryl/α,β-unsaturated/α-hetero) is 1. The molecule has 2 aliphatic carbocycles. The summed E-state index contributed by atoms with van der Waals surface area (Å²) in [6, 6.07) is 3.40. The highest BCUT2D eigenvalue weighted by Crippen LogP contribution is 2.52. The molecule has 39 heavy (non-hydrogen) atoms. The van der Waals surface area contributed by atoms with Crippen molar-refractivity contribution in [1.82, 2.24) is 0 Å². The number of rotatable bonds is 9. The molecule has 3 unspecified atom stereocenters. The summed E-state index contributed by atoms with van der Waals surface area (Å²) in [6.45, 7) is 0.627. The number of carbonyl (C=O) groups excluding carboxylic acids is 3. The minimum atomic E-state index is -2.31. The van der Waals surface area contributed by atoms with Gasteiger partial charge in [-0.1, -0.05) is 19.1 Å². The van der Waals surface area contributed by atoms with Gasteiger partial charge in [0.2, 0.25) is 5.78 Å². The lowest BCUT2D eigenvalue weighted by atomic mass is 9.72. The predicted molar refractivity (Wildman–Crippen MR) is 134 cm³/mol. The number of fused-ring (bicyclic) bond motifs is 3. The Kier molecular flexibility index (Phi) is 7.81. The molecule has 0 heterocycles. The normalized spacial score (nSPS) is 22.4. The van der Waals surface area contributed by atoms with Gasteiger partial charge < -0.3 is 45.8 Å². The van der Waals surface area contributed by atoms with Crippen LogP contribution in [0.15, 0.2) is 18.2 Å². The van der Waals surface area contributed by atoms with E-state index in [0.717, 1.165) is 0 Å². The fourth-order valence-electron chi connectivity index (χ4n) is 5.33. The Labute approximate surface area is 223 Å². The van der Waals surface area contributed by atoms with Crippen LogP contribution in [0.25, 0.3) is 0 Å². The average molecular weight is 546 g/mol. The fraction of sp³-hybridized carbons (Fsp3) is 0.444. The van der Waals surface area contributed by atoms with E-state index in [1.807, 2.05) is 0 Å². The molecule has 2 aromatic rings. The van der Waals surface area contributed by atoms with E-state index in [0.29, 0.717) is 6.42 Å². The minimum Gasteiger partial charge on any atom is -0.507 e. The van der Waals surface area contributed by atoms with E-state index < -0.39 is 89.6 Å². The second kappa shape index (κ2) is 10.6. The quantitative estimate of drug-likeness (QED) is 0.139. The molecule has 5 atom stereocenters. The van der Waals surface area contributed by atoms with Gasteiger partial charge in [-0.25, -0.2) is 0 Å². The molecule has 0 amide bonds. The lowest BCUT2D eigenvalue weighted by Gasteiger charge is -2.39. The van der Waals surface area contributed by atoms with Crippen LogP contribution in [-0.2, 0) is 16.0 Å². The Morgan fingerprint density at radius 2 is 1.79 bits per heavy atom. The highest BCUT2D eigenvalue weighted by Gasteiger charge is 2.49. The number of ketones is 3. The van der Waals surface area contributed by atoms with Gasteiger partial charge in [-0.05, 0) is 12.5 Å². The summed E-state index contributed by atoms with van der Waals surface area (Å²) in [5, 5.41) is 63.8. The number of aliphatic hydroxyl groups is 4. The molecule has 0 spiro atoms. The molecule has 2 aliphatic rings. The van der Waals surface area contributed by atoms with Crippen LogP contribution in [0.2, 0.25) is 0 Å². The average Bonchev–Trinajstić information content (AvgIpc) is 2.91. The molecule has 0 saturated carbocycles. The summed E-state index contributed by atoms with van der Waals surface area (Å²) >= 11 is 0. The first-order valence-corrected chi connectivity index (χ1v) is 12.4. The Hall–Kier alpha value is -3.39. The summed E-state index contributed by atoms with van der Waals surface area (Å²) in [4.78, 5) is 39.6. The van der Waals surface area contributed by atoms with Crippen LogP contribution >= 0.6 is 0 Å². The van der Waals surface area contributed by atoms with Crippen molar-refractivity contribution in [3.63, 3.8) is 0 Å². The lowest BCUT2D eigenvalue weighted by Crippen LogP contribution is -2.48. The second-order valence-corrected chi connectivity index (χ2v) is 9.83. The number of hydrogen-bond acceptors (Lipinski definition) is 12. The van der Waals surface area contributed by atoms with Gasteiger partial charge in [0, 0.05) is 42.0 Å². The zero-order chi connectivity index (χ0) is 28.8. The first-order valence-electron chi connectivity index (χ1n) is 12.4. The van der Waals surface area contributed by atoms with Crippen LogP contribution in [0.5, 0.6) is 17.2 Å². The molecule has 0 radical (unpaired) electrons. The molecule has 2 aromatic carbocycles. The van der Waals surface area contributed by atoms with Crippen molar-refractivity contribution in [1.29, 1.82) is 0 Å². The van der Waals surface area contributed by atoms with Gasteiger partial charge in [-0.2, -0.15) is 0 Å². The number of nitrogens with two attached hydrogens (primary N) is 1. The number of ether oxygens (including phenoxy) is 2. The van der Waals surface area contributed by atoms with Crippen LogP contribution in [0.3, 0.4) is 0 Å². The minimum absolute atomic E-state index is 0.0720. The highest BCUT2D eigenvalue weighted by atomic mass is 16.6. The third-order valence-electron chi connectivity index (χ3n) is 7.45. The van der Waals surface area contributed by atoms with E-state index in [1.165, 1.54) is 25.3 Å². The first kappa shape index (κ1) is 28.6. The van der Waals surface area contributed by atoms with Gasteiger partial charge in [0.15, 0.2) is 17.9 Å². The molecule has 12 nitrogen and oxygen atoms in total. The first-order chi connectivity index (χ1) is 18.4. The Morgan fingerprint density at radius 1 is 1.13 bits per heavy atom. The fourth-order valence-corrected chi connectivity index (χ4v) is 5.33. The second-order valence-electron chi connectivity index (χ2n) is 9.83. The number of methoxy groups -OCH3 is 1. The maximum Gasteiger partial charge on any atom is 0.202 e. The summed E-state index contributed by atoms with van der Waals surface area (Å²) in [5.74, 6) is -4.05. The largest absolute Gasteiger partial charge is 0.507 e. The van der Waals surface area contributed by atoms with Crippen molar-refractivity contribution in [3.05, 3.63) is 51.6 Å². The van der Waals surface area contributed by atoms with Crippen molar-refractivity contribution in [2.75, 3.05) is 13.7 Å². The van der Waals surface area contributed by atoms with Gasteiger partial charge in [-0.3, -0.25) is 14.4 Å². The SMILES string of the molecule is CCC(O)C(N)CC(O)O[C@H]1C[C@](O)(C(=O)CO)Cc2c(O)c3c(c(O)c21)C(=O)c1c(OC)cccc1C3=O. The van der Waals surface area contributed by atoms with Crippen molar-refractivity contribution in [2.24, 2.45) is 5.73 Å². The van der Waals surface area contributed by atoms with Gasteiger partial charge in [0.05, 0.1) is 36.0 Å². The van der Waals surface area contributed by atoms with E-state index in [-0.39, 0.29) is 34.4 Å². The van der Waals surface area contributed by atoms with Crippen molar-refractivity contribution in [2.45, 2.75) is 62.7 Å². The van der Waals surface area contributed by atoms with Gasteiger partial charge in [0.1, 0.15) is 29.5 Å². The molecule has 0 aromatic heterocycles. The topological polar surface area (TPSA) is 217 Å². The summed E-state index contributed by atoms with van der Waals surface area (Å²) in [6.07, 6.45) is -5.28. The molecule has 8 N–H and O–H groups in total. The van der Waals surface area contributed by atoms with Crippen molar-refractivity contribution < 1.29 is 54.5 Å². The van der Waals surface area contributed by atoms with Gasteiger partial charge in [-0.15, -0.1) is 0 Å². The molecule has 0 bridgehead atoms. The van der Waals surface area contributed by atoms with Crippen LogP contribution in [0.4, 0.5) is 0 Å². The van der Waals surface area contributed by atoms with E-state index in [9.17, 15) is 45.0 Å². The number of carbonyl (C=O) groups is 3. The summed E-state index contributed by atoms with van der Waals surface area (Å²) in [5.41, 5.74) is 1.87. The van der Waals surface area contributed by atoms with E-state index in [2.05, 4.69) is 0 Å². The predicted octanol–water partition coefficient (Wildman–Crippen LogP) is -0.0151. The number of aliphatic hydroxyl groups excluding tert-OH is 3. The molecule has 0 saturated heterocycles. The van der Waals surface area contributed by atoms with Crippen molar-refractivity contribution >= 4 is 17.3 Å². The van der Waals surface area contributed by atoms with Crippen LogP contribution in [-0.4, -0.2) is 85.7 Å². The van der Waals surface area contributed by atoms with E-state index in [1.54, 1.807) is 6.92 Å². The van der Waals surface area contributed by atoms with Crippen LogP contribution in [0.1, 0.15) is 75.3 Å². The Bertz CT molecular complexity index is 1340. The monoisotopic (exact) mass is 545 g/mol. The number of hydrogen-bond donors (Lipinski definition) is 7. The molecule has 4 rings (SSSR count). The Morgan fingerprint density at radius 3 is 2.41 bits per heavy atom. The zero-order valence-corrected chi connectivity index (χ0v) is 21.4. The molecular weight excluding hydrogens is 514 g/mol. The summed E-state index contributed by atoms with van der Waals surface area (Å²) < 4.78 is 10.9. The Balaban J connectivity index is 1.89. The third kappa shape index (κ3) is 4.69. The molecule has 12 heteroatoms. The van der Waals surface area contributed by atoms with Gasteiger partial charge >= 0.3 is 0 Å². The molecule has 0 aliphatic heterocycles. The maximum absolute atomic E-state index is 13.6. The van der Waals surface area contributed by atoms with Crippen LogP contribution in [0, 0.1) is 0 Å². The number of phenolic OH excluding ortho intramolecular Hbond substituents is 2. The third-order valence-corrected chi connectivity index (χ3v) is 7.45. The summed E-state index contributed by atoms with van der Waals surface area (Å²) in [7, 11) is 1.30. The standard InChI is InChI=1S/C27H31NO11/c1-3-14(30)13(28)7-18(32)39-16-9-27(37,17(31)10-29)8-12-20(16)26(36)22-21(24(12)34)23(33)11-5-4-6-15(38-2)19(11)25(22)35/h4-6,13-14,16,18,29-30,32,34,36-37H,3,7-10,28H2,1-2H3/t13?,14?,16-,18?,27-/m0/s1.